The number of rotatable bonds is 6. The number of ether oxygens (including phenoxy) is 1. The minimum atomic E-state index is -0.221. The van der Waals surface area contributed by atoms with E-state index in [2.05, 4.69) is 26.3 Å². The fraction of sp³-hybridized carbons (Fsp3) is 0.292. The van der Waals surface area contributed by atoms with Gasteiger partial charge < -0.3 is 10.1 Å². The van der Waals surface area contributed by atoms with Crippen molar-refractivity contribution in [1.29, 1.82) is 0 Å². The number of halogens is 1. The summed E-state index contributed by atoms with van der Waals surface area (Å²) in [4.78, 5) is 24.2. The van der Waals surface area contributed by atoms with Gasteiger partial charge in [-0.3, -0.25) is 9.69 Å². The molecule has 31 heavy (non-hydrogen) atoms. The lowest BCUT2D eigenvalue weighted by molar-refractivity contribution is 0.102. The minimum absolute atomic E-state index is 0.221. The third kappa shape index (κ3) is 5.03. The molecule has 0 saturated carbocycles. The van der Waals surface area contributed by atoms with E-state index in [1.54, 1.807) is 37.6 Å². The Morgan fingerprint density at radius 3 is 2.71 bits per heavy atom. The number of benzene rings is 2. The highest BCUT2D eigenvalue weighted by atomic mass is 35.5. The average molecular weight is 437 g/mol. The van der Waals surface area contributed by atoms with Gasteiger partial charge in [0.15, 0.2) is 0 Å². The number of aromatic nitrogens is 2. The molecule has 1 fully saturated rings. The zero-order valence-electron chi connectivity index (χ0n) is 17.6. The van der Waals surface area contributed by atoms with E-state index >= 15 is 0 Å². The van der Waals surface area contributed by atoms with E-state index < -0.39 is 0 Å². The Balaban J connectivity index is 1.40. The monoisotopic (exact) mass is 436 g/mol. The fourth-order valence-corrected chi connectivity index (χ4v) is 4.03. The van der Waals surface area contributed by atoms with E-state index in [0.29, 0.717) is 16.9 Å². The molecule has 0 bridgehead atoms. The highest BCUT2D eigenvalue weighted by molar-refractivity contribution is 6.31. The molecule has 1 amide bonds. The molecule has 0 unspecified atom stereocenters. The van der Waals surface area contributed by atoms with Crippen LogP contribution >= 0.6 is 11.6 Å². The van der Waals surface area contributed by atoms with Crippen LogP contribution in [0.2, 0.25) is 5.02 Å². The van der Waals surface area contributed by atoms with Crippen molar-refractivity contribution in [1.82, 2.24) is 14.9 Å². The molecule has 1 atom stereocenters. The number of carbonyl (C=O) groups excluding carboxylic acids is 1. The van der Waals surface area contributed by atoms with Crippen LogP contribution in [-0.4, -0.2) is 41.0 Å². The van der Waals surface area contributed by atoms with Gasteiger partial charge in [-0.05, 0) is 55.8 Å². The largest absolute Gasteiger partial charge is 0.497 e. The number of nitrogens with zero attached hydrogens (tertiary/aromatic N) is 3. The van der Waals surface area contributed by atoms with E-state index in [1.807, 2.05) is 25.1 Å². The van der Waals surface area contributed by atoms with Gasteiger partial charge in [-0.2, -0.15) is 0 Å². The van der Waals surface area contributed by atoms with Crippen LogP contribution in [-0.2, 0) is 6.54 Å². The first kappa shape index (κ1) is 21.3. The molecule has 2 heterocycles. The molecule has 0 radical (unpaired) electrons. The summed E-state index contributed by atoms with van der Waals surface area (Å²) in [6, 6.07) is 15.1. The van der Waals surface area contributed by atoms with Crippen molar-refractivity contribution in [3.05, 3.63) is 82.4 Å². The third-order valence-corrected chi connectivity index (χ3v) is 5.95. The van der Waals surface area contributed by atoms with Gasteiger partial charge in [0, 0.05) is 35.9 Å². The maximum absolute atomic E-state index is 12.7. The van der Waals surface area contributed by atoms with Crippen molar-refractivity contribution in [2.24, 2.45) is 0 Å². The molecule has 2 aromatic carbocycles. The summed E-state index contributed by atoms with van der Waals surface area (Å²) in [5, 5.41) is 3.68. The van der Waals surface area contributed by atoms with Gasteiger partial charge in [-0.25, -0.2) is 9.97 Å². The Bertz CT molecular complexity index is 1070. The summed E-state index contributed by atoms with van der Waals surface area (Å²) < 4.78 is 5.14. The van der Waals surface area contributed by atoms with E-state index in [0.717, 1.165) is 48.2 Å². The predicted octanol–water partition coefficient (Wildman–Crippen LogP) is 4.69. The quantitative estimate of drug-likeness (QED) is 0.607. The van der Waals surface area contributed by atoms with E-state index in [9.17, 15) is 4.79 Å². The van der Waals surface area contributed by atoms with Crippen LogP contribution in [0.4, 0.5) is 5.69 Å². The molecule has 4 rings (SSSR count). The molecule has 0 aliphatic carbocycles. The minimum Gasteiger partial charge on any atom is -0.497 e. The van der Waals surface area contributed by atoms with Crippen molar-refractivity contribution in [3.63, 3.8) is 0 Å². The molecule has 7 heteroatoms. The van der Waals surface area contributed by atoms with Gasteiger partial charge in [-0.1, -0.05) is 29.8 Å². The van der Waals surface area contributed by atoms with Crippen LogP contribution in [0.15, 0.2) is 54.7 Å². The van der Waals surface area contributed by atoms with Gasteiger partial charge in [0.2, 0.25) is 0 Å². The molecule has 0 spiro atoms. The summed E-state index contributed by atoms with van der Waals surface area (Å²) in [7, 11) is 1.61. The highest BCUT2D eigenvalue weighted by Crippen LogP contribution is 2.28. The Kier molecular flexibility index (Phi) is 6.49. The van der Waals surface area contributed by atoms with E-state index in [-0.39, 0.29) is 11.8 Å². The van der Waals surface area contributed by atoms with Crippen molar-refractivity contribution < 1.29 is 9.53 Å². The molecule has 6 nitrogen and oxygen atoms in total. The molecule has 1 aromatic heterocycles. The maximum atomic E-state index is 12.7. The lowest BCUT2D eigenvalue weighted by Gasteiger charge is -2.17. The van der Waals surface area contributed by atoms with Gasteiger partial charge in [0.05, 0.1) is 18.4 Å². The predicted molar refractivity (Wildman–Crippen MR) is 122 cm³/mol. The number of hydrogen-bond donors (Lipinski definition) is 1. The van der Waals surface area contributed by atoms with E-state index in [4.69, 9.17) is 16.3 Å². The number of likely N-dealkylation sites (tertiary alicyclic amines) is 1. The fourth-order valence-electron chi connectivity index (χ4n) is 3.83. The molecule has 1 N–H and O–H groups in total. The smallest absolute Gasteiger partial charge is 0.259 e. The molecule has 1 saturated heterocycles. The topological polar surface area (TPSA) is 67.3 Å². The van der Waals surface area contributed by atoms with Crippen LogP contribution in [0, 0.1) is 6.92 Å². The first-order valence-electron chi connectivity index (χ1n) is 10.3. The Morgan fingerprint density at radius 1 is 1.23 bits per heavy atom. The summed E-state index contributed by atoms with van der Waals surface area (Å²) >= 11 is 6.30. The Hall–Kier alpha value is -2.96. The normalized spacial score (nSPS) is 16.3. The number of aryl methyl sites for hydroxylation is 1. The molecule has 1 aliphatic rings. The summed E-state index contributed by atoms with van der Waals surface area (Å²) in [5.74, 6) is 1.56. The Labute approximate surface area is 187 Å². The molecule has 160 valence electrons. The number of nitrogens with one attached hydrogen (secondary N) is 1. The second-order valence-corrected chi connectivity index (χ2v) is 8.13. The van der Waals surface area contributed by atoms with Gasteiger partial charge in [0.1, 0.15) is 11.6 Å². The lowest BCUT2D eigenvalue weighted by Crippen LogP contribution is -2.21. The maximum Gasteiger partial charge on any atom is 0.259 e. The second-order valence-electron chi connectivity index (χ2n) is 7.72. The van der Waals surface area contributed by atoms with Gasteiger partial charge >= 0.3 is 0 Å². The van der Waals surface area contributed by atoms with Crippen LogP contribution in [0.3, 0.4) is 0 Å². The average Bonchev–Trinajstić information content (AvgIpc) is 3.24. The van der Waals surface area contributed by atoms with E-state index in [1.165, 1.54) is 0 Å². The zero-order valence-corrected chi connectivity index (χ0v) is 18.4. The standard InChI is InChI=1S/C24H25ClN4O2/c1-16-21(24(30)28-19-7-9-20(31-2)10-8-19)13-26-23(27-16)18-11-12-29(15-18)14-17-5-3-4-6-22(17)25/h3-10,13,18H,11-12,14-15H2,1-2H3,(H,28,30)/t18-/m1/s1. The summed E-state index contributed by atoms with van der Waals surface area (Å²) in [6.07, 6.45) is 2.62. The first-order chi connectivity index (χ1) is 15.0. The van der Waals surface area contributed by atoms with Crippen LogP contribution in [0.5, 0.6) is 5.75 Å². The van der Waals surface area contributed by atoms with Crippen LogP contribution in [0.1, 0.15) is 39.8 Å². The SMILES string of the molecule is COc1ccc(NC(=O)c2cnc([C@@H]3CCN(Cc4ccccc4Cl)C3)nc2C)cc1. The summed E-state index contributed by atoms with van der Waals surface area (Å²) in [5.41, 5.74) is 2.99. The molecule has 1 aliphatic heterocycles. The third-order valence-electron chi connectivity index (χ3n) is 5.58. The summed E-state index contributed by atoms with van der Waals surface area (Å²) in [6.45, 7) is 4.52. The Morgan fingerprint density at radius 2 is 2.00 bits per heavy atom. The lowest BCUT2D eigenvalue weighted by atomic mass is 10.1. The van der Waals surface area contributed by atoms with Crippen LogP contribution in [0.25, 0.3) is 0 Å². The molecular weight excluding hydrogens is 412 g/mol. The number of amides is 1. The van der Waals surface area contributed by atoms with Crippen molar-refractivity contribution >= 4 is 23.2 Å². The molecule has 3 aromatic rings. The highest BCUT2D eigenvalue weighted by Gasteiger charge is 2.27. The number of carbonyl (C=O) groups is 1. The first-order valence-corrected chi connectivity index (χ1v) is 10.7. The number of anilines is 1. The van der Waals surface area contributed by atoms with Gasteiger partial charge in [0.25, 0.3) is 5.91 Å². The number of hydrogen-bond acceptors (Lipinski definition) is 5. The second kappa shape index (κ2) is 9.45. The van der Waals surface area contributed by atoms with Crippen molar-refractivity contribution in [3.8, 4) is 5.75 Å². The van der Waals surface area contributed by atoms with Gasteiger partial charge in [-0.15, -0.1) is 0 Å². The molecular formula is C24H25ClN4O2. The zero-order chi connectivity index (χ0) is 21.8. The van der Waals surface area contributed by atoms with Crippen molar-refractivity contribution in [2.75, 3.05) is 25.5 Å². The van der Waals surface area contributed by atoms with Crippen LogP contribution < -0.4 is 10.1 Å². The van der Waals surface area contributed by atoms with Crippen molar-refractivity contribution in [2.45, 2.75) is 25.8 Å². The number of methoxy groups -OCH3 is 1.